The van der Waals surface area contributed by atoms with E-state index in [0.29, 0.717) is 24.5 Å². The van der Waals surface area contributed by atoms with E-state index in [0.717, 1.165) is 24.3 Å². The van der Waals surface area contributed by atoms with Crippen LogP contribution in [0, 0.1) is 5.92 Å². The zero-order chi connectivity index (χ0) is 14.3. The smallest absolute Gasteiger partial charge is 0.160 e. The molecule has 0 radical (unpaired) electrons. The van der Waals surface area contributed by atoms with Crippen molar-refractivity contribution in [2.45, 2.75) is 39.5 Å². The topological polar surface area (TPSA) is 35.5 Å². The normalized spacial score (nSPS) is 12.0. The van der Waals surface area contributed by atoms with E-state index in [-0.39, 0.29) is 0 Å². The van der Waals surface area contributed by atoms with Gasteiger partial charge in [-0.15, -0.1) is 0 Å². The van der Waals surface area contributed by atoms with Gasteiger partial charge in [0.2, 0.25) is 0 Å². The largest absolute Gasteiger partial charge is 0.493 e. The Morgan fingerprint density at radius 1 is 1.21 bits per heavy atom. The minimum absolute atomic E-state index is 0.357. The summed E-state index contributed by atoms with van der Waals surface area (Å²) in [5.74, 6) is 2.20. The monoisotopic (exact) mass is 264 g/mol. The molecule has 0 saturated heterocycles. The predicted octanol–water partition coefficient (Wildman–Crippen LogP) is 3.64. The molecule has 0 aliphatic carbocycles. The summed E-state index contributed by atoms with van der Waals surface area (Å²) in [6.45, 7) is 4.15. The Labute approximate surface area is 115 Å². The Morgan fingerprint density at radius 2 is 1.89 bits per heavy atom. The van der Waals surface area contributed by atoms with Gasteiger partial charge in [0.05, 0.1) is 14.2 Å². The molecule has 0 fully saturated rings. The molecule has 1 aromatic carbocycles. The van der Waals surface area contributed by atoms with Crippen LogP contribution in [0.25, 0.3) is 0 Å². The number of hydrogen-bond acceptors (Lipinski definition) is 3. The average molecular weight is 264 g/mol. The van der Waals surface area contributed by atoms with Crippen LogP contribution in [0.2, 0.25) is 0 Å². The average Bonchev–Trinajstić information content (AvgIpc) is 2.38. The van der Waals surface area contributed by atoms with Crippen LogP contribution in [0.3, 0.4) is 0 Å². The first kappa shape index (κ1) is 15.5. The maximum absolute atomic E-state index is 11.6. The second-order valence-corrected chi connectivity index (χ2v) is 4.99. The summed E-state index contributed by atoms with van der Waals surface area (Å²) in [7, 11) is 3.26. The van der Waals surface area contributed by atoms with Crippen LogP contribution >= 0.6 is 0 Å². The molecule has 0 aromatic heterocycles. The van der Waals surface area contributed by atoms with E-state index in [2.05, 4.69) is 6.92 Å². The molecule has 0 aliphatic rings. The number of benzene rings is 1. The minimum atomic E-state index is 0.357. The molecule has 0 spiro atoms. The number of rotatable bonds is 8. The van der Waals surface area contributed by atoms with Gasteiger partial charge in [0.25, 0.3) is 0 Å². The Hall–Kier alpha value is -1.51. The number of carbonyl (C=O) groups is 1. The van der Waals surface area contributed by atoms with E-state index < -0.39 is 0 Å². The van der Waals surface area contributed by atoms with Gasteiger partial charge in [0.1, 0.15) is 5.78 Å². The van der Waals surface area contributed by atoms with Crippen molar-refractivity contribution in [3.05, 3.63) is 23.8 Å². The predicted molar refractivity (Wildman–Crippen MR) is 76.9 cm³/mol. The van der Waals surface area contributed by atoms with Gasteiger partial charge in [-0.2, -0.15) is 0 Å². The van der Waals surface area contributed by atoms with Crippen LogP contribution in [-0.4, -0.2) is 20.0 Å². The molecule has 0 N–H and O–H groups in total. The highest BCUT2D eigenvalue weighted by molar-refractivity contribution is 5.78. The summed E-state index contributed by atoms with van der Waals surface area (Å²) in [4.78, 5) is 11.6. The van der Waals surface area contributed by atoms with Gasteiger partial charge < -0.3 is 9.47 Å². The maximum Gasteiger partial charge on any atom is 0.160 e. The standard InChI is InChI=1S/C16H24O3/c1-5-6-14(17)10-12(2)9-13-7-8-15(18-3)16(11-13)19-4/h7-8,11-12H,5-6,9-10H2,1-4H3. The lowest BCUT2D eigenvalue weighted by Crippen LogP contribution is -2.08. The zero-order valence-corrected chi connectivity index (χ0v) is 12.4. The highest BCUT2D eigenvalue weighted by atomic mass is 16.5. The van der Waals surface area contributed by atoms with E-state index in [1.807, 2.05) is 25.1 Å². The van der Waals surface area contributed by atoms with Crippen molar-refractivity contribution in [3.8, 4) is 11.5 Å². The molecule has 1 aromatic rings. The molecule has 106 valence electrons. The van der Waals surface area contributed by atoms with Crippen LogP contribution in [-0.2, 0) is 11.2 Å². The summed E-state index contributed by atoms with van der Waals surface area (Å²) >= 11 is 0. The first-order valence-corrected chi connectivity index (χ1v) is 6.83. The summed E-state index contributed by atoms with van der Waals surface area (Å²) in [5, 5.41) is 0. The second kappa shape index (κ2) is 7.82. The molecule has 1 unspecified atom stereocenters. The van der Waals surface area contributed by atoms with Crippen molar-refractivity contribution >= 4 is 5.78 Å². The lowest BCUT2D eigenvalue weighted by Gasteiger charge is -2.13. The van der Waals surface area contributed by atoms with E-state index in [9.17, 15) is 4.79 Å². The summed E-state index contributed by atoms with van der Waals surface area (Å²) < 4.78 is 10.5. The number of ether oxygens (including phenoxy) is 2. The summed E-state index contributed by atoms with van der Waals surface area (Å²) in [5.41, 5.74) is 1.18. The van der Waals surface area contributed by atoms with Crippen LogP contribution in [0.5, 0.6) is 11.5 Å². The van der Waals surface area contributed by atoms with Crippen LogP contribution in [0.1, 0.15) is 38.7 Å². The van der Waals surface area contributed by atoms with E-state index >= 15 is 0 Å². The SMILES string of the molecule is CCCC(=O)CC(C)Cc1ccc(OC)c(OC)c1. The molecule has 0 aliphatic heterocycles. The number of ketones is 1. The van der Waals surface area contributed by atoms with Crippen molar-refractivity contribution in [2.75, 3.05) is 14.2 Å². The fraction of sp³-hybridized carbons (Fsp3) is 0.562. The number of methoxy groups -OCH3 is 2. The van der Waals surface area contributed by atoms with Crippen molar-refractivity contribution in [1.29, 1.82) is 0 Å². The van der Waals surface area contributed by atoms with Gasteiger partial charge in [-0.25, -0.2) is 0 Å². The molecule has 3 heteroatoms. The lowest BCUT2D eigenvalue weighted by molar-refractivity contribution is -0.119. The van der Waals surface area contributed by atoms with Gasteiger partial charge in [-0.3, -0.25) is 4.79 Å². The summed E-state index contributed by atoms with van der Waals surface area (Å²) in [6, 6.07) is 5.93. The molecule has 1 rings (SSSR count). The molecule has 1 atom stereocenters. The van der Waals surface area contributed by atoms with E-state index in [4.69, 9.17) is 9.47 Å². The third kappa shape index (κ3) is 4.93. The van der Waals surface area contributed by atoms with Crippen molar-refractivity contribution in [2.24, 2.45) is 5.92 Å². The quantitative estimate of drug-likeness (QED) is 0.719. The van der Waals surface area contributed by atoms with Crippen molar-refractivity contribution in [3.63, 3.8) is 0 Å². The Kier molecular flexibility index (Phi) is 6.40. The number of Topliss-reactive ketones (excluding diaryl/α,β-unsaturated/α-hetero) is 1. The molecular formula is C16H24O3. The summed E-state index contributed by atoms with van der Waals surface area (Å²) in [6.07, 6.45) is 3.16. The van der Waals surface area contributed by atoms with Crippen LogP contribution in [0.4, 0.5) is 0 Å². The second-order valence-electron chi connectivity index (χ2n) is 4.99. The van der Waals surface area contributed by atoms with Crippen molar-refractivity contribution < 1.29 is 14.3 Å². The molecule has 0 heterocycles. The Morgan fingerprint density at radius 3 is 2.47 bits per heavy atom. The first-order valence-electron chi connectivity index (χ1n) is 6.83. The third-order valence-corrected chi connectivity index (χ3v) is 3.14. The number of carbonyl (C=O) groups excluding carboxylic acids is 1. The molecule has 0 saturated carbocycles. The van der Waals surface area contributed by atoms with Crippen LogP contribution in [0.15, 0.2) is 18.2 Å². The van der Waals surface area contributed by atoms with Gasteiger partial charge >= 0.3 is 0 Å². The zero-order valence-electron chi connectivity index (χ0n) is 12.4. The molecule has 3 nitrogen and oxygen atoms in total. The maximum atomic E-state index is 11.6. The third-order valence-electron chi connectivity index (χ3n) is 3.14. The molecule has 19 heavy (non-hydrogen) atoms. The van der Waals surface area contributed by atoms with Crippen molar-refractivity contribution in [1.82, 2.24) is 0 Å². The van der Waals surface area contributed by atoms with Gasteiger partial charge in [-0.05, 0) is 36.5 Å². The fourth-order valence-electron chi connectivity index (χ4n) is 2.25. The Balaban J connectivity index is 2.64. The van der Waals surface area contributed by atoms with Crippen LogP contribution < -0.4 is 9.47 Å². The molecule has 0 amide bonds. The number of hydrogen-bond donors (Lipinski definition) is 0. The van der Waals surface area contributed by atoms with Gasteiger partial charge in [0, 0.05) is 12.8 Å². The van der Waals surface area contributed by atoms with Gasteiger partial charge in [0.15, 0.2) is 11.5 Å². The fourth-order valence-corrected chi connectivity index (χ4v) is 2.25. The highest BCUT2D eigenvalue weighted by Gasteiger charge is 2.11. The Bertz CT molecular complexity index is 412. The molecule has 0 bridgehead atoms. The highest BCUT2D eigenvalue weighted by Crippen LogP contribution is 2.28. The molecular weight excluding hydrogens is 240 g/mol. The first-order chi connectivity index (χ1) is 9.10. The minimum Gasteiger partial charge on any atom is -0.493 e. The van der Waals surface area contributed by atoms with E-state index in [1.54, 1.807) is 14.2 Å². The van der Waals surface area contributed by atoms with Gasteiger partial charge in [-0.1, -0.05) is 19.9 Å². The van der Waals surface area contributed by atoms with E-state index in [1.165, 1.54) is 5.56 Å². The lowest BCUT2D eigenvalue weighted by atomic mass is 9.94.